The Morgan fingerprint density at radius 3 is 2.76 bits per heavy atom. The van der Waals surface area contributed by atoms with Crippen molar-refractivity contribution in [1.82, 2.24) is 15.1 Å². The molecule has 2 saturated heterocycles. The van der Waals surface area contributed by atoms with E-state index in [9.17, 15) is 9.90 Å². The van der Waals surface area contributed by atoms with Gasteiger partial charge in [0.2, 0.25) is 5.91 Å². The van der Waals surface area contributed by atoms with E-state index < -0.39 is 0 Å². The van der Waals surface area contributed by atoms with Crippen molar-refractivity contribution in [3.05, 3.63) is 0 Å². The molecule has 0 spiro atoms. The lowest BCUT2D eigenvalue weighted by molar-refractivity contribution is -0.138. The van der Waals surface area contributed by atoms with Crippen molar-refractivity contribution in [2.24, 2.45) is 0 Å². The molecule has 1 amide bonds. The molecule has 2 unspecified atom stereocenters. The van der Waals surface area contributed by atoms with Gasteiger partial charge in [-0.3, -0.25) is 9.69 Å². The maximum Gasteiger partial charge on any atom is 0.239 e. The standard InChI is InChI=1S/C12H23N3O2/c1-10(14-7-4-13-5-8-14)12(17)15-6-2-3-11(15)9-16/h10-11,13,16H,2-9H2,1H3. The van der Waals surface area contributed by atoms with E-state index in [0.29, 0.717) is 0 Å². The molecule has 17 heavy (non-hydrogen) atoms. The molecule has 0 radical (unpaired) electrons. The Hall–Kier alpha value is -0.650. The van der Waals surface area contributed by atoms with Crippen LogP contribution < -0.4 is 5.32 Å². The molecule has 0 aromatic carbocycles. The third-order valence-corrected chi connectivity index (χ3v) is 3.93. The minimum absolute atomic E-state index is 0.0489. The van der Waals surface area contributed by atoms with Crippen molar-refractivity contribution >= 4 is 5.91 Å². The van der Waals surface area contributed by atoms with Crippen molar-refractivity contribution in [1.29, 1.82) is 0 Å². The third kappa shape index (κ3) is 2.78. The van der Waals surface area contributed by atoms with Crippen LogP contribution in [-0.2, 0) is 4.79 Å². The molecule has 2 heterocycles. The van der Waals surface area contributed by atoms with Gasteiger partial charge in [0.05, 0.1) is 18.7 Å². The van der Waals surface area contributed by atoms with Crippen LogP contribution in [0.1, 0.15) is 19.8 Å². The van der Waals surface area contributed by atoms with Crippen LogP contribution in [0.15, 0.2) is 0 Å². The van der Waals surface area contributed by atoms with Gasteiger partial charge in [-0.1, -0.05) is 0 Å². The molecule has 5 heteroatoms. The summed E-state index contributed by atoms with van der Waals surface area (Å²) < 4.78 is 0. The highest BCUT2D eigenvalue weighted by atomic mass is 16.3. The molecular weight excluding hydrogens is 218 g/mol. The summed E-state index contributed by atoms with van der Waals surface area (Å²) in [6, 6.07) is -0.00267. The third-order valence-electron chi connectivity index (χ3n) is 3.93. The molecule has 2 atom stereocenters. The first kappa shape index (κ1) is 12.8. The Balaban J connectivity index is 1.93. The molecule has 2 N–H and O–H groups in total. The summed E-state index contributed by atoms with van der Waals surface area (Å²) in [5.41, 5.74) is 0. The van der Waals surface area contributed by atoms with Gasteiger partial charge in [0, 0.05) is 32.7 Å². The van der Waals surface area contributed by atoms with Gasteiger partial charge in [-0.2, -0.15) is 0 Å². The average Bonchev–Trinajstić information content (AvgIpc) is 2.86. The predicted octanol–water partition coefficient (Wildman–Crippen LogP) is -0.737. The fraction of sp³-hybridized carbons (Fsp3) is 0.917. The number of amides is 1. The lowest BCUT2D eigenvalue weighted by atomic mass is 10.2. The second kappa shape index (κ2) is 5.80. The lowest BCUT2D eigenvalue weighted by Gasteiger charge is -2.35. The number of rotatable bonds is 3. The summed E-state index contributed by atoms with van der Waals surface area (Å²) in [6.45, 7) is 6.68. The monoisotopic (exact) mass is 241 g/mol. The highest BCUT2D eigenvalue weighted by molar-refractivity contribution is 5.82. The zero-order valence-electron chi connectivity index (χ0n) is 10.6. The number of carbonyl (C=O) groups is 1. The average molecular weight is 241 g/mol. The Morgan fingerprint density at radius 1 is 1.41 bits per heavy atom. The first-order valence-corrected chi connectivity index (χ1v) is 6.60. The zero-order valence-corrected chi connectivity index (χ0v) is 10.6. The smallest absolute Gasteiger partial charge is 0.239 e. The molecule has 98 valence electrons. The number of aliphatic hydroxyl groups is 1. The number of aliphatic hydroxyl groups excluding tert-OH is 1. The van der Waals surface area contributed by atoms with E-state index in [1.165, 1.54) is 0 Å². The van der Waals surface area contributed by atoms with Crippen molar-refractivity contribution in [2.75, 3.05) is 39.3 Å². The first-order chi connectivity index (χ1) is 8.24. The summed E-state index contributed by atoms with van der Waals surface area (Å²) in [5.74, 6) is 0.184. The van der Waals surface area contributed by atoms with Gasteiger partial charge in [-0.15, -0.1) is 0 Å². The quantitative estimate of drug-likeness (QED) is 0.683. The molecule has 5 nitrogen and oxygen atoms in total. The van der Waals surface area contributed by atoms with Crippen molar-refractivity contribution in [2.45, 2.75) is 31.8 Å². The Kier molecular flexibility index (Phi) is 4.36. The number of carbonyl (C=O) groups excluding carboxylic acids is 1. The molecule has 0 aromatic rings. The molecular formula is C12H23N3O2. The van der Waals surface area contributed by atoms with Crippen LogP contribution in [0, 0.1) is 0 Å². The molecule has 0 saturated carbocycles. The van der Waals surface area contributed by atoms with Gasteiger partial charge in [0.15, 0.2) is 0 Å². The predicted molar refractivity (Wildman–Crippen MR) is 65.7 cm³/mol. The van der Waals surface area contributed by atoms with Crippen LogP contribution >= 0.6 is 0 Å². The Morgan fingerprint density at radius 2 is 2.12 bits per heavy atom. The van der Waals surface area contributed by atoms with E-state index in [4.69, 9.17) is 0 Å². The fourth-order valence-electron chi connectivity index (χ4n) is 2.78. The Labute approximate surface area is 103 Å². The molecule has 2 rings (SSSR count). The van der Waals surface area contributed by atoms with Crippen LogP contribution in [0.2, 0.25) is 0 Å². The Bertz CT molecular complexity index is 266. The largest absolute Gasteiger partial charge is 0.394 e. The van der Waals surface area contributed by atoms with E-state index in [1.54, 1.807) is 0 Å². The van der Waals surface area contributed by atoms with Gasteiger partial charge >= 0.3 is 0 Å². The molecule has 2 aliphatic heterocycles. The van der Waals surface area contributed by atoms with E-state index in [0.717, 1.165) is 45.6 Å². The summed E-state index contributed by atoms with van der Waals surface area (Å²) >= 11 is 0. The summed E-state index contributed by atoms with van der Waals surface area (Å²) in [4.78, 5) is 16.5. The minimum Gasteiger partial charge on any atom is -0.394 e. The van der Waals surface area contributed by atoms with Crippen molar-refractivity contribution in [3.8, 4) is 0 Å². The number of piperazine rings is 1. The van der Waals surface area contributed by atoms with Gasteiger partial charge < -0.3 is 15.3 Å². The van der Waals surface area contributed by atoms with Crippen LogP contribution in [0.4, 0.5) is 0 Å². The second-order valence-electron chi connectivity index (χ2n) is 4.97. The zero-order chi connectivity index (χ0) is 12.3. The van der Waals surface area contributed by atoms with E-state index in [2.05, 4.69) is 10.2 Å². The maximum absolute atomic E-state index is 12.4. The van der Waals surface area contributed by atoms with Crippen LogP contribution in [0.5, 0.6) is 0 Å². The molecule has 0 bridgehead atoms. The topological polar surface area (TPSA) is 55.8 Å². The number of hydrogen-bond acceptors (Lipinski definition) is 4. The SMILES string of the molecule is CC(C(=O)N1CCCC1CO)N1CCNCC1. The summed E-state index contributed by atoms with van der Waals surface area (Å²) in [6.07, 6.45) is 1.96. The molecule has 0 aromatic heterocycles. The van der Waals surface area contributed by atoms with Gasteiger partial charge in [-0.25, -0.2) is 0 Å². The van der Waals surface area contributed by atoms with E-state index in [-0.39, 0.29) is 24.6 Å². The highest BCUT2D eigenvalue weighted by Gasteiger charge is 2.33. The number of nitrogens with zero attached hydrogens (tertiary/aromatic N) is 2. The molecule has 0 aliphatic carbocycles. The second-order valence-corrected chi connectivity index (χ2v) is 4.97. The highest BCUT2D eigenvalue weighted by Crippen LogP contribution is 2.19. The van der Waals surface area contributed by atoms with E-state index in [1.807, 2.05) is 11.8 Å². The fourth-order valence-corrected chi connectivity index (χ4v) is 2.78. The van der Waals surface area contributed by atoms with Crippen LogP contribution in [-0.4, -0.2) is 72.2 Å². The normalized spacial score (nSPS) is 28.4. The molecule has 2 fully saturated rings. The van der Waals surface area contributed by atoms with Crippen LogP contribution in [0.25, 0.3) is 0 Å². The number of likely N-dealkylation sites (tertiary alicyclic amines) is 1. The summed E-state index contributed by atoms with van der Waals surface area (Å²) in [7, 11) is 0. The summed E-state index contributed by atoms with van der Waals surface area (Å²) in [5, 5.41) is 12.6. The van der Waals surface area contributed by atoms with E-state index >= 15 is 0 Å². The van der Waals surface area contributed by atoms with Gasteiger partial charge in [0.25, 0.3) is 0 Å². The number of hydrogen-bond donors (Lipinski definition) is 2. The van der Waals surface area contributed by atoms with Crippen LogP contribution in [0.3, 0.4) is 0 Å². The number of nitrogens with one attached hydrogen (secondary N) is 1. The lowest BCUT2D eigenvalue weighted by Crippen LogP contribution is -2.54. The molecule has 2 aliphatic rings. The van der Waals surface area contributed by atoms with Gasteiger partial charge in [0.1, 0.15) is 0 Å². The van der Waals surface area contributed by atoms with Crippen molar-refractivity contribution < 1.29 is 9.90 Å². The maximum atomic E-state index is 12.4. The first-order valence-electron chi connectivity index (χ1n) is 6.60. The van der Waals surface area contributed by atoms with Crippen molar-refractivity contribution in [3.63, 3.8) is 0 Å². The minimum atomic E-state index is -0.0516. The van der Waals surface area contributed by atoms with Gasteiger partial charge in [-0.05, 0) is 19.8 Å².